The highest BCUT2D eigenvalue weighted by molar-refractivity contribution is 5.86. The number of nitrogens with two attached hydrogens (primary N) is 1. The molecule has 0 bridgehead atoms. The van der Waals surface area contributed by atoms with Gasteiger partial charge in [-0.1, -0.05) is 0 Å². The van der Waals surface area contributed by atoms with Crippen LogP contribution in [0.3, 0.4) is 0 Å². The molecule has 0 radical (unpaired) electrons. The molecule has 4 N–H and O–H groups in total. The molecular formula is C12H22N2O2. The van der Waals surface area contributed by atoms with Crippen LogP contribution >= 0.6 is 0 Å². The topological polar surface area (TPSA) is 75.4 Å². The molecular weight excluding hydrogens is 204 g/mol. The van der Waals surface area contributed by atoms with Crippen molar-refractivity contribution in [2.45, 2.75) is 63.1 Å². The van der Waals surface area contributed by atoms with Gasteiger partial charge in [-0.2, -0.15) is 0 Å². The monoisotopic (exact) mass is 226 g/mol. The second kappa shape index (κ2) is 4.34. The summed E-state index contributed by atoms with van der Waals surface area (Å²) in [7, 11) is 0. The molecule has 0 aromatic heterocycles. The average Bonchev–Trinajstić information content (AvgIpc) is 3.00. The molecule has 2 rings (SSSR count). The van der Waals surface area contributed by atoms with Crippen molar-refractivity contribution in [3.63, 3.8) is 0 Å². The number of hydrogen-bond donors (Lipinski definition) is 3. The fourth-order valence-corrected chi connectivity index (χ4v) is 2.50. The normalized spacial score (nSPS) is 34.2. The summed E-state index contributed by atoms with van der Waals surface area (Å²) in [5.74, 6) is 0.301. The predicted molar refractivity (Wildman–Crippen MR) is 61.7 cm³/mol. The van der Waals surface area contributed by atoms with Gasteiger partial charge in [0.1, 0.15) is 0 Å². The summed E-state index contributed by atoms with van der Waals surface area (Å²) in [5.41, 5.74) is 5.32. The zero-order valence-corrected chi connectivity index (χ0v) is 9.91. The number of aliphatic hydroxyl groups excluding tert-OH is 1. The number of carbonyl (C=O) groups is 1. The molecule has 4 nitrogen and oxygen atoms in total. The van der Waals surface area contributed by atoms with Crippen LogP contribution in [0.5, 0.6) is 0 Å². The van der Waals surface area contributed by atoms with E-state index in [9.17, 15) is 9.90 Å². The summed E-state index contributed by atoms with van der Waals surface area (Å²) < 4.78 is 0. The summed E-state index contributed by atoms with van der Waals surface area (Å²) in [6, 6.07) is 0.109. The zero-order valence-electron chi connectivity index (χ0n) is 9.91. The lowest BCUT2D eigenvalue weighted by Gasteiger charge is -2.31. The van der Waals surface area contributed by atoms with E-state index in [-0.39, 0.29) is 18.1 Å². The third-order valence-corrected chi connectivity index (χ3v) is 3.90. The standard InChI is InChI=1S/C12H22N2O2/c1-12(13,8-5-6-8)11(16)14-9-3-2-4-10(15)7-9/h8-10,15H,2-7,13H2,1H3,(H,14,16). The molecule has 0 heterocycles. The van der Waals surface area contributed by atoms with Crippen LogP contribution in [0.25, 0.3) is 0 Å². The molecule has 0 spiro atoms. The van der Waals surface area contributed by atoms with Crippen molar-refractivity contribution in [2.75, 3.05) is 0 Å². The van der Waals surface area contributed by atoms with Gasteiger partial charge in [-0.05, 0) is 51.4 Å². The fraction of sp³-hybridized carbons (Fsp3) is 0.917. The Bertz CT molecular complexity index is 274. The van der Waals surface area contributed by atoms with Crippen LogP contribution in [-0.4, -0.2) is 28.7 Å². The number of rotatable bonds is 3. The molecule has 0 aromatic carbocycles. The minimum atomic E-state index is -0.720. The van der Waals surface area contributed by atoms with Crippen molar-refractivity contribution in [3.8, 4) is 0 Å². The molecule has 0 aliphatic heterocycles. The molecule has 16 heavy (non-hydrogen) atoms. The molecule has 1 amide bonds. The van der Waals surface area contributed by atoms with E-state index in [4.69, 9.17) is 5.73 Å². The maximum Gasteiger partial charge on any atom is 0.240 e. The third-order valence-electron chi connectivity index (χ3n) is 3.90. The first-order valence-corrected chi connectivity index (χ1v) is 6.28. The van der Waals surface area contributed by atoms with Gasteiger partial charge < -0.3 is 16.2 Å². The van der Waals surface area contributed by atoms with E-state index >= 15 is 0 Å². The van der Waals surface area contributed by atoms with Gasteiger partial charge in [0.25, 0.3) is 0 Å². The van der Waals surface area contributed by atoms with Crippen LogP contribution in [0, 0.1) is 5.92 Å². The number of amides is 1. The SMILES string of the molecule is CC(N)(C(=O)NC1CCCC(O)C1)C1CC1. The number of aliphatic hydroxyl groups is 1. The van der Waals surface area contributed by atoms with Gasteiger partial charge in [0.05, 0.1) is 11.6 Å². The van der Waals surface area contributed by atoms with Gasteiger partial charge in [-0.25, -0.2) is 0 Å². The Morgan fingerprint density at radius 3 is 2.62 bits per heavy atom. The Balaban J connectivity index is 1.86. The van der Waals surface area contributed by atoms with Gasteiger partial charge in [0.15, 0.2) is 0 Å². The van der Waals surface area contributed by atoms with Crippen LogP contribution in [-0.2, 0) is 4.79 Å². The average molecular weight is 226 g/mol. The molecule has 4 heteroatoms. The summed E-state index contributed by atoms with van der Waals surface area (Å²) in [6.45, 7) is 1.82. The van der Waals surface area contributed by atoms with E-state index in [1.54, 1.807) is 0 Å². The first-order chi connectivity index (χ1) is 7.50. The lowest BCUT2D eigenvalue weighted by molar-refractivity contribution is -0.127. The minimum Gasteiger partial charge on any atom is -0.393 e. The molecule has 2 aliphatic carbocycles. The summed E-state index contributed by atoms with van der Waals surface area (Å²) in [6.07, 6.45) is 5.34. The molecule has 92 valence electrons. The highest BCUT2D eigenvalue weighted by Gasteiger charge is 2.44. The maximum absolute atomic E-state index is 12.0. The Morgan fingerprint density at radius 1 is 1.38 bits per heavy atom. The lowest BCUT2D eigenvalue weighted by atomic mass is 9.90. The Labute approximate surface area is 96.6 Å². The van der Waals surface area contributed by atoms with Crippen molar-refractivity contribution in [1.29, 1.82) is 0 Å². The highest BCUT2D eigenvalue weighted by Crippen LogP contribution is 2.38. The van der Waals surface area contributed by atoms with Crippen molar-refractivity contribution in [1.82, 2.24) is 5.32 Å². The largest absolute Gasteiger partial charge is 0.393 e. The second-order valence-corrected chi connectivity index (χ2v) is 5.55. The molecule has 0 saturated heterocycles. The van der Waals surface area contributed by atoms with E-state index in [1.807, 2.05) is 6.92 Å². The third kappa shape index (κ3) is 2.55. The molecule has 2 aliphatic rings. The Morgan fingerprint density at radius 2 is 2.06 bits per heavy atom. The van der Waals surface area contributed by atoms with Gasteiger partial charge in [0, 0.05) is 6.04 Å². The number of nitrogens with one attached hydrogen (secondary N) is 1. The second-order valence-electron chi connectivity index (χ2n) is 5.55. The summed E-state index contributed by atoms with van der Waals surface area (Å²) in [4.78, 5) is 12.0. The Kier molecular flexibility index (Phi) is 3.22. The quantitative estimate of drug-likeness (QED) is 0.657. The van der Waals surface area contributed by atoms with Crippen LogP contribution < -0.4 is 11.1 Å². The first-order valence-electron chi connectivity index (χ1n) is 6.28. The fourth-order valence-electron chi connectivity index (χ4n) is 2.50. The van der Waals surface area contributed by atoms with E-state index in [1.165, 1.54) is 0 Å². The summed E-state index contributed by atoms with van der Waals surface area (Å²) >= 11 is 0. The summed E-state index contributed by atoms with van der Waals surface area (Å²) in [5, 5.41) is 12.5. The molecule has 2 fully saturated rings. The minimum absolute atomic E-state index is 0.0471. The van der Waals surface area contributed by atoms with Crippen LogP contribution in [0.1, 0.15) is 45.4 Å². The van der Waals surface area contributed by atoms with E-state index in [0.29, 0.717) is 12.3 Å². The predicted octanol–water partition coefficient (Wildman–Crippen LogP) is 0.533. The van der Waals surface area contributed by atoms with Gasteiger partial charge >= 0.3 is 0 Å². The van der Waals surface area contributed by atoms with Gasteiger partial charge in [-0.15, -0.1) is 0 Å². The molecule has 3 atom stereocenters. The number of carbonyl (C=O) groups excluding carboxylic acids is 1. The van der Waals surface area contributed by atoms with Crippen LogP contribution in [0.15, 0.2) is 0 Å². The molecule has 3 unspecified atom stereocenters. The van der Waals surface area contributed by atoms with Gasteiger partial charge in [0.2, 0.25) is 5.91 Å². The van der Waals surface area contributed by atoms with Crippen LogP contribution in [0.2, 0.25) is 0 Å². The van der Waals surface area contributed by atoms with Crippen molar-refractivity contribution >= 4 is 5.91 Å². The lowest BCUT2D eigenvalue weighted by Crippen LogP contribution is -2.56. The van der Waals surface area contributed by atoms with E-state index in [0.717, 1.165) is 32.1 Å². The van der Waals surface area contributed by atoms with Gasteiger partial charge in [-0.3, -0.25) is 4.79 Å². The van der Waals surface area contributed by atoms with Crippen LogP contribution in [0.4, 0.5) is 0 Å². The maximum atomic E-state index is 12.0. The Hall–Kier alpha value is -0.610. The van der Waals surface area contributed by atoms with Crippen molar-refractivity contribution in [2.24, 2.45) is 11.7 Å². The smallest absolute Gasteiger partial charge is 0.240 e. The van der Waals surface area contributed by atoms with E-state index in [2.05, 4.69) is 5.32 Å². The highest BCUT2D eigenvalue weighted by atomic mass is 16.3. The van der Waals surface area contributed by atoms with Crippen molar-refractivity contribution < 1.29 is 9.90 Å². The van der Waals surface area contributed by atoms with Crippen molar-refractivity contribution in [3.05, 3.63) is 0 Å². The molecule has 2 saturated carbocycles. The zero-order chi connectivity index (χ0) is 11.8. The first kappa shape index (κ1) is 11.9. The molecule has 0 aromatic rings. The number of hydrogen-bond acceptors (Lipinski definition) is 3. The van der Waals surface area contributed by atoms with E-state index < -0.39 is 5.54 Å².